The Morgan fingerprint density at radius 2 is 1.68 bits per heavy atom. The monoisotopic (exact) mass is 968 g/mol. The number of carboxylic acid groups (broad SMARTS) is 1. The summed E-state index contributed by atoms with van der Waals surface area (Å²) in [6, 6.07) is -0.332. The lowest BCUT2D eigenvalue weighted by molar-refractivity contribution is -0.340. The highest BCUT2D eigenvalue weighted by molar-refractivity contribution is 5.86. The number of carbonyl (C=O) groups is 2. The van der Waals surface area contributed by atoms with Crippen molar-refractivity contribution in [3.63, 3.8) is 0 Å². The number of aliphatic hydroxyl groups is 6. The van der Waals surface area contributed by atoms with Crippen LogP contribution in [0.2, 0.25) is 0 Å². The molecule has 8 aliphatic rings. The topological polar surface area (TPSA) is 273 Å². The molecule has 3 heterocycles. The molecule has 7 fully saturated rings. The second-order valence-electron chi connectivity index (χ2n) is 25.1. The van der Waals surface area contributed by atoms with Crippen LogP contribution in [0.15, 0.2) is 24.2 Å². The normalized spacial score (nSPS) is 47.8. The second kappa shape index (κ2) is 18.5. The standard InChI is InChI=1S/C53H85N5O11/c1-47(26-59)15-17-53(46(66)67)18-16-49(3)31(34(53)21-47)9-10-38-50(49,4)14-11-37-48(2,27-60)43(69-44-42(64)41(63)36(61)25-68-44)40(62)33(51(37,38)5)20-32-39(58-45(65)52(32)12-7-8-13-52)30(35-24-56-28-57-35)19-29(22-54)23-55-6/h9,24,28-30,32-34,36-44,55,59-64H,7-8,10-23,25-27,54H2,1-6H3,(H,56,57)(H,58,65)(H,66,67)/t29-,30-,32-,33+,34-,36+,37+,38-,39-,40+,41-,42+,43+,44-,47-,48-,49+,50+,51-,53-/m0/s1. The van der Waals surface area contributed by atoms with Gasteiger partial charge in [0.1, 0.15) is 18.3 Å². The molecule has 69 heavy (non-hydrogen) atoms. The average molecular weight is 968 g/mol. The van der Waals surface area contributed by atoms with Crippen molar-refractivity contribution in [2.45, 2.75) is 173 Å². The third-order valence-electron chi connectivity index (χ3n) is 22.2. The summed E-state index contributed by atoms with van der Waals surface area (Å²) in [4.78, 5) is 36.3. The van der Waals surface area contributed by atoms with Crippen LogP contribution in [-0.4, -0.2) is 140 Å². The van der Waals surface area contributed by atoms with Crippen molar-refractivity contribution in [3.05, 3.63) is 29.9 Å². The van der Waals surface area contributed by atoms with Gasteiger partial charge in [-0.15, -0.1) is 0 Å². The first kappa shape index (κ1) is 51.4. The maximum atomic E-state index is 14.9. The molecule has 1 aromatic heterocycles. The van der Waals surface area contributed by atoms with Crippen molar-refractivity contribution in [3.8, 4) is 0 Å². The SMILES string of the molecule is CNC[C@H](CN)C[C@@H](c1cnc[nH]1)[C@@H]1NC(=O)C2(CCCC2)[C@H]1C[C@@H]1[C@@H](O)[C@@H](O[C@@H]2OC[C@@H](O)[C@H](O)[C@H]2O)[C@@](C)(CO)[C@H]2CC[C@]3(C)[C@H](CC=C4[C@@H]5C[C@@](C)(CO)CC[C@]5(C(=O)O)CC[C@]43C)[C@@]12C. The summed E-state index contributed by atoms with van der Waals surface area (Å²) in [5.74, 6) is -2.05. The van der Waals surface area contributed by atoms with Crippen LogP contribution < -0.4 is 16.4 Å². The molecule has 0 unspecified atom stereocenters. The molecule has 16 nitrogen and oxygen atoms in total. The van der Waals surface area contributed by atoms with E-state index in [0.717, 1.165) is 37.8 Å². The molecule has 1 spiro atoms. The Labute approximate surface area is 408 Å². The largest absolute Gasteiger partial charge is 0.481 e. The van der Waals surface area contributed by atoms with Gasteiger partial charge in [0.15, 0.2) is 6.29 Å². The van der Waals surface area contributed by atoms with Gasteiger partial charge in [-0.05, 0) is 154 Å². The molecular formula is C53H85N5O11. The smallest absolute Gasteiger partial charge is 0.310 e. The number of aromatic nitrogens is 2. The number of amides is 1. The first-order valence-corrected chi connectivity index (χ1v) is 26.5. The first-order valence-electron chi connectivity index (χ1n) is 26.5. The lowest BCUT2D eigenvalue weighted by Gasteiger charge is -2.73. The van der Waals surface area contributed by atoms with E-state index in [1.165, 1.54) is 5.57 Å². The maximum Gasteiger partial charge on any atom is 0.310 e. The highest BCUT2D eigenvalue weighted by Gasteiger charge is 2.74. The second-order valence-corrected chi connectivity index (χ2v) is 25.1. The summed E-state index contributed by atoms with van der Waals surface area (Å²) in [5, 5.41) is 86.7. The van der Waals surface area contributed by atoms with Gasteiger partial charge in [-0.2, -0.15) is 0 Å². The van der Waals surface area contributed by atoms with Gasteiger partial charge in [0.05, 0.1) is 42.6 Å². The van der Waals surface area contributed by atoms with Crippen molar-refractivity contribution >= 4 is 11.9 Å². The Balaban J connectivity index is 1.19. The predicted molar refractivity (Wildman–Crippen MR) is 256 cm³/mol. The van der Waals surface area contributed by atoms with E-state index in [2.05, 4.69) is 54.4 Å². The number of ether oxygens (including phenoxy) is 2. The van der Waals surface area contributed by atoms with Crippen molar-refractivity contribution in [2.24, 2.45) is 79.1 Å². The first-order chi connectivity index (χ1) is 32.7. The van der Waals surface area contributed by atoms with E-state index in [0.29, 0.717) is 70.9 Å². The molecule has 1 aromatic rings. The minimum Gasteiger partial charge on any atom is -0.481 e. The van der Waals surface area contributed by atoms with Gasteiger partial charge in [-0.3, -0.25) is 9.59 Å². The Bertz CT molecular complexity index is 2070. The van der Waals surface area contributed by atoms with Gasteiger partial charge in [0.2, 0.25) is 5.91 Å². The fourth-order valence-corrected chi connectivity index (χ4v) is 17.9. The predicted octanol–water partition coefficient (Wildman–Crippen LogP) is 3.60. The maximum absolute atomic E-state index is 14.9. The number of aromatic amines is 1. The van der Waals surface area contributed by atoms with E-state index < -0.39 is 81.2 Å². The van der Waals surface area contributed by atoms with Gasteiger partial charge in [-0.25, -0.2) is 4.98 Å². The summed E-state index contributed by atoms with van der Waals surface area (Å²) >= 11 is 0. The highest BCUT2D eigenvalue weighted by atomic mass is 16.7. The number of nitrogens with zero attached hydrogens (tertiary/aromatic N) is 1. The number of carboxylic acids is 1. The van der Waals surface area contributed by atoms with Crippen LogP contribution in [0.1, 0.15) is 136 Å². The van der Waals surface area contributed by atoms with Gasteiger partial charge >= 0.3 is 5.97 Å². The van der Waals surface area contributed by atoms with E-state index >= 15 is 0 Å². The molecule has 0 aromatic carbocycles. The number of imidazole rings is 1. The molecule has 6 aliphatic carbocycles. The van der Waals surface area contributed by atoms with Crippen molar-refractivity contribution in [1.29, 1.82) is 0 Å². The molecule has 2 aliphatic heterocycles. The van der Waals surface area contributed by atoms with E-state index in [1.54, 1.807) is 6.33 Å². The number of allylic oxidation sites excluding steroid dienone is 2. The Morgan fingerprint density at radius 1 is 0.957 bits per heavy atom. The van der Waals surface area contributed by atoms with Gasteiger partial charge in [0, 0.05) is 35.9 Å². The van der Waals surface area contributed by atoms with Crippen LogP contribution in [0.25, 0.3) is 0 Å². The summed E-state index contributed by atoms with van der Waals surface area (Å²) in [6.45, 7) is 11.7. The number of hydrogen-bond donors (Lipinski definition) is 11. The Hall–Kier alpha value is -2.51. The number of aliphatic hydroxyl groups excluding tert-OH is 6. The summed E-state index contributed by atoms with van der Waals surface area (Å²) in [7, 11) is 1.92. The lowest BCUT2D eigenvalue weighted by atomic mass is 9.31. The zero-order chi connectivity index (χ0) is 49.7. The van der Waals surface area contributed by atoms with Crippen LogP contribution in [0.4, 0.5) is 0 Å². The fraction of sp³-hybridized carbons (Fsp3) is 0.868. The number of H-pyrrole nitrogens is 1. The lowest BCUT2D eigenvalue weighted by Crippen LogP contribution is -2.72. The van der Waals surface area contributed by atoms with Crippen LogP contribution in [0.3, 0.4) is 0 Å². The summed E-state index contributed by atoms with van der Waals surface area (Å²) in [6.07, 6.45) is 7.19. The fourth-order valence-electron chi connectivity index (χ4n) is 17.9. The van der Waals surface area contributed by atoms with Gasteiger partial charge in [-0.1, -0.05) is 59.1 Å². The summed E-state index contributed by atoms with van der Waals surface area (Å²) < 4.78 is 12.7. The third kappa shape index (κ3) is 7.59. The van der Waals surface area contributed by atoms with E-state index in [9.17, 15) is 45.3 Å². The molecule has 0 bridgehead atoms. The number of carbonyl (C=O) groups excluding carboxylic acids is 1. The van der Waals surface area contributed by atoms with Crippen molar-refractivity contribution in [2.75, 3.05) is 40.0 Å². The average Bonchev–Trinajstić information content (AvgIpc) is 4.11. The molecule has 12 N–H and O–H groups in total. The number of fused-ring (bicyclic) bond motifs is 7. The molecule has 16 heteroatoms. The van der Waals surface area contributed by atoms with Gasteiger partial charge < -0.3 is 66.6 Å². The number of hydrogen-bond acceptors (Lipinski definition) is 13. The van der Waals surface area contributed by atoms with E-state index in [-0.39, 0.29) is 72.7 Å². The molecule has 388 valence electrons. The van der Waals surface area contributed by atoms with E-state index in [1.807, 2.05) is 20.2 Å². The zero-order valence-corrected chi connectivity index (χ0v) is 42.0. The third-order valence-corrected chi connectivity index (χ3v) is 22.2. The minimum absolute atomic E-state index is 0.00152. The number of nitrogens with one attached hydrogen (secondary N) is 3. The number of nitrogens with two attached hydrogens (primary N) is 1. The minimum atomic E-state index is -1.62. The van der Waals surface area contributed by atoms with Crippen LogP contribution in [0, 0.1) is 73.4 Å². The molecule has 20 atom stereocenters. The Morgan fingerprint density at radius 3 is 2.32 bits per heavy atom. The van der Waals surface area contributed by atoms with E-state index in [4.69, 9.17) is 15.2 Å². The zero-order valence-electron chi connectivity index (χ0n) is 42.0. The highest BCUT2D eigenvalue weighted by Crippen LogP contribution is 2.77. The van der Waals surface area contributed by atoms with Crippen LogP contribution in [-0.2, 0) is 19.1 Å². The van der Waals surface area contributed by atoms with Crippen LogP contribution >= 0.6 is 0 Å². The Kier molecular flexibility index (Phi) is 13.7. The molecular weight excluding hydrogens is 883 g/mol. The van der Waals surface area contributed by atoms with Crippen molar-refractivity contribution in [1.82, 2.24) is 20.6 Å². The molecule has 0 radical (unpaired) electrons. The van der Waals surface area contributed by atoms with Gasteiger partial charge in [0.25, 0.3) is 0 Å². The quantitative estimate of drug-likeness (QED) is 0.0940. The molecule has 9 rings (SSSR count). The molecule has 1 amide bonds. The van der Waals surface area contributed by atoms with Crippen LogP contribution in [0.5, 0.6) is 0 Å². The number of aliphatic carboxylic acids is 1. The summed E-state index contributed by atoms with van der Waals surface area (Å²) in [5.41, 5.74) is 4.02. The molecule has 2 saturated heterocycles. The number of rotatable bonds is 14. The van der Waals surface area contributed by atoms with Crippen molar-refractivity contribution < 1.29 is 54.8 Å². The molecule has 5 saturated carbocycles.